The lowest BCUT2D eigenvalue weighted by atomic mass is 10.1. The highest BCUT2D eigenvalue weighted by atomic mass is 32.2. The lowest BCUT2D eigenvalue weighted by Gasteiger charge is -2.19. The zero-order chi connectivity index (χ0) is 16.8. The van der Waals surface area contributed by atoms with E-state index in [-0.39, 0.29) is 17.1 Å². The first-order chi connectivity index (χ1) is 10.5. The van der Waals surface area contributed by atoms with Crippen LogP contribution in [0.4, 0.5) is 0 Å². The van der Waals surface area contributed by atoms with Gasteiger partial charge in [-0.05, 0) is 26.1 Å². The maximum absolute atomic E-state index is 12.0. The summed E-state index contributed by atoms with van der Waals surface area (Å²) in [5.74, 6) is 0.262. The number of rotatable bonds is 13. The fourth-order valence-electron chi connectivity index (χ4n) is 1.94. The van der Waals surface area contributed by atoms with Crippen molar-refractivity contribution in [2.24, 2.45) is 0 Å². The van der Waals surface area contributed by atoms with Gasteiger partial charge in [-0.2, -0.15) is 11.8 Å². The molecule has 1 atom stereocenters. The summed E-state index contributed by atoms with van der Waals surface area (Å²) in [5, 5.41) is 6.03. The Morgan fingerprint density at radius 2 is 2.00 bits per heavy atom. The summed E-state index contributed by atoms with van der Waals surface area (Å²) in [6, 6.07) is 0. The van der Waals surface area contributed by atoms with Crippen LogP contribution in [-0.4, -0.2) is 61.9 Å². The summed E-state index contributed by atoms with van der Waals surface area (Å²) in [4.78, 5) is 25.3. The minimum absolute atomic E-state index is 0.105. The van der Waals surface area contributed by atoms with E-state index >= 15 is 0 Å². The van der Waals surface area contributed by atoms with E-state index in [1.165, 1.54) is 0 Å². The molecule has 0 bridgehead atoms. The van der Waals surface area contributed by atoms with Crippen LogP contribution in [0, 0.1) is 0 Å². The van der Waals surface area contributed by atoms with Gasteiger partial charge < -0.3 is 15.5 Å². The van der Waals surface area contributed by atoms with E-state index in [0.717, 1.165) is 32.4 Å². The van der Waals surface area contributed by atoms with E-state index in [9.17, 15) is 9.59 Å². The van der Waals surface area contributed by atoms with Crippen LogP contribution in [0.15, 0.2) is 12.7 Å². The molecule has 0 aliphatic heterocycles. The minimum Gasteiger partial charge on any atom is -0.355 e. The number of amides is 2. The molecule has 0 aliphatic rings. The SMILES string of the molecule is C=CC(CC(=O)N(C)CCCCCC(=O)NCCNC)SC. The number of nitrogens with one attached hydrogen (secondary N) is 2. The van der Waals surface area contributed by atoms with Gasteiger partial charge in [0.1, 0.15) is 0 Å². The number of carbonyl (C=O) groups is 2. The molecule has 5 nitrogen and oxygen atoms in total. The van der Waals surface area contributed by atoms with Crippen molar-refractivity contribution in [2.75, 3.05) is 40.0 Å². The topological polar surface area (TPSA) is 61.4 Å². The van der Waals surface area contributed by atoms with Gasteiger partial charge in [0.05, 0.1) is 0 Å². The Bertz CT molecular complexity index is 337. The smallest absolute Gasteiger partial charge is 0.223 e. The predicted molar refractivity (Wildman–Crippen MR) is 95.2 cm³/mol. The minimum atomic E-state index is 0.105. The molecule has 0 saturated carbocycles. The second kappa shape index (κ2) is 13.6. The fraction of sp³-hybridized carbons (Fsp3) is 0.750. The van der Waals surface area contributed by atoms with Crippen molar-refractivity contribution in [3.05, 3.63) is 12.7 Å². The Morgan fingerprint density at radius 3 is 2.59 bits per heavy atom. The van der Waals surface area contributed by atoms with Crippen LogP contribution in [0.1, 0.15) is 32.1 Å². The molecular weight excluding hydrogens is 298 g/mol. The molecule has 128 valence electrons. The number of hydrogen-bond acceptors (Lipinski definition) is 4. The number of hydrogen-bond donors (Lipinski definition) is 2. The highest BCUT2D eigenvalue weighted by molar-refractivity contribution is 7.99. The maximum Gasteiger partial charge on any atom is 0.223 e. The summed E-state index contributed by atoms with van der Waals surface area (Å²) in [6.45, 7) is 5.95. The number of carbonyl (C=O) groups excluding carboxylic acids is 2. The van der Waals surface area contributed by atoms with E-state index in [1.807, 2.05) is 26.4 Å². The Labute approximate surface area is 139 Å². The molecule has 2 N–H and O–H groups in total. The largest absolute Gasteiger partial charge is 0.355 e. The van der Waals surface area contributed by atoms with Crippen molar-refractivity contribution in [3.8, 4) is 0 Å². The van der Waals surface area contributed by atoms with E-state index < -0.39 is 0 Å². The van der Waals surface area contributed by atoms with Gasteiger partial charge in [-0.25, -0.2) is 0 Å². The van der Waals surface area contributed by atoms with Gasteiger partial charge in [0.15, 0.2) is 0 Å². The third-order valence-electron chi connectivity index (χ3n) is 3.46. The van der Waals surface area contributed by atoms with Crippen molar-refractivity contribution in [2.45, 2.75) is 37.4 Å². The number of likely N-dealkylation sites (N-methyl/N-ethyl adjacent to an activating group) is 1. The lowest BCUT2D eigenvalue weighted by molar-refractivity contribution is -0.129. The van der Waals surface area contributed by atoms with Crippen molar-refractivity contribution >= 4 is 23.6 Å². The Kier molecular flexibility index (Phi) is 13.0. The highest BCUT2D eigenvalue weighted by Gasteiger charge is 2.13. The normalized spacial score (nSPS) is 11.8. The Morgan fingerprint density at radius 1 is 1.27 bits per heavy atom. The van der Waals surface area contributed by atoms with E-state index in [4.69, 9.17) is 0 Å². The molecule has 2 amide bonds. The van der Waals surface area contributed by atoms with Crippen molar-refractivity contribution in [1.29, 1.82) is 0 Å². The number of nitrogens with zero attached hydrogens (tertiary/aromatic N) is 1. The molecule has 0 rings (SSSR count). The predicted octanol–water partition coefficient (Wildman–Crippen LogP) is 1.65. The quantitative estimate of drug-likeness (QED) is 0.398. The van der Waals surface area contributed by atoms with Gasteiger partial charge in [0, 0.05) is 44.8 Å². The first-order valence-corrected chi connectivity index (χ1v) is 9.14. The van der Waals surface area contributed by atoms with Crippen LogP contribution in [0.2, 0.25) is 0 Å². The van der Waals surface area contributed by atoms with Crippen LogP contribution < -0.4 is 10.6 Å². The standard InChI is InChI=1S/C16H31N3O2S/c1-5-14(22-4)13-16(21)19(3)12-8-6-7-9-15(20)18-11-10-17-2/h5,14,17H,1,6-13H2,2-4H3,(H,18,20). The highest BCUT2D eigenvalue weighted by Crippen LogP contribution is 2.13. The zero-order valence-corrected chi connectivity index (χ0v) is 15.0. The monoisotopic (exact) mass is 329 g/mol. The van der Waals surface area contributed by atoms with Crippen LogP contribution in [-0.2, 0) is 9.59 Å². The molecule has 0 saturated heterocycles. The molecule has 0 aromatic carbocycles. The second-order valence-corrected chi connectivity index (χ2v) is 6.37. The summed E-state index contributed by atoms with van der Waals surface area (Å²) in [5.41, 5.74) is 0. The van der Waals surface area contributed by atoms with Gasteiger partial charge >= 0.3 is 0 Å². The van der Waals surface area contributed by atoms with Gasteiger partial charge in [-0.15, -0.1) is 6.58 Å². The number of unbranched alkanes of at least 4 members (excludes halogenated alkanes) is 2. The average molecular weight is 330 g/mol. The van der Waals surface area contributed by atoms with Crippen molar-refractivity contribution in [3.63, 3.8) is 0 Å². The van der Waals surface area contributed by atoms with Gasteiger partial charge in [0.25, 0.3) is 0 Å². The molecule has 0 radical (unpaired) electrons. The summed E-state index contributed by atoms with van der Waals surface area (Å²) < 4.78 is 0. The first kappa shape index (κ1) is 21.0. The average Bonchev–Trinajstić information content (AvgIpc) is 2.51. The van der Waals surface area contributed by atoms with Crippen LogP contribution in [0.5, 0.6) is 0 Å². The lowest BCUT2D eigenvalue weighted by Crippen LogP contribution is -2.30. The van der Waals surface area contributed by atoms with Crippen molar-refractivity contribution in [1.82, 2.24) is 15.5 Å². The van der Waals surface area contributed by atoms with E-state index in [0.29, 0.717) is 19.4 Å². The Hall–Kier alpha value is -1.01. The molecule has 0 aliphatic carbocycles. The fourth-order valence-corrected chi connectivity index (χ4v) is 2.44. The van der Waals surface area contributed by atoms with Crippen molar-refractivity contribution < 1.29 is 9.59 Å². The van der Waals surface area contributed by atoms with Gasteiger partial charge in [0.2, 0.25) is 11.8 Å². The van der Waals surface area contributed by atoms with Gasteiger partial charge in [-0.3, -0.25) is 9.59 Å². The summed E-state index contributed by atoms with van der Waals surface area (Å²) in [7, 11) is 3.70. The maximum atomic E-state index is 12.0. The van der Waals surface area contributed by atoms with Gasteiger partial charge in [-0.1, -0.05) is 12.5 Å². The second-order valence-electron chi connectivity index (χ2n) is 5.29. The molecule has 0 spiro atoms. The summed E-state index contributed by atoms with van der Waals surface area (Å²) in [6.07, 6.45) is 7.65. The number of thioether (sulfide) groups is 1. The molecular formula is C16H31N3O2S. The summed E-state index contributed by atoms with van der Waals surface area (Å²) >= 11 is 1.64. The zero-order valence-electron chi connectivity index (χ0n) is 14.2. The molecule has 1 unspecified atom stereocenters. The molecule has 0 aromatic heterocycles. The Balaban J connectivity index is 3.67. The van der Waals surface area contributed by atoms with Crippen LogP contribution in [0.3, 0.4) is 0 Å². The van der Waals surface area contributed by atoms with Crippen LogP contribution >= 0.6 is 11.8 Å². The first-order valence-electron chi connectivity index (χ1n) is 7.85. The van der Waals surface area contributed by atoms with E-state index in [2.05, 4.69) is 17.2 Å². The molecule has 0 heterocycles. The third-order valence-corrected chi connectivity index (χ3v) is 4.43. The molecule has 0 aromatic rings. The molecule has 0 fully saturated rings. The molecule has 6 heteroatoms. The van der Waals surface area contributed by atoms with Crippen LogP contribution in [0.25, 0.3) is 0 Å². The van der Waals surface area contributed by atoms with E-state index in [1.54, 1.807) is 16.7 Å². The third kappa shape index (κ3) is 10.7. The molecule has 22 heavy (non-hydrogen) atoms.